The van der Waals surface area contributed by atoms with Gasteiger partial charge in [-0.2, -0.15) is 4.99 Å². The second kappa shape index (κ2) is 8.51. The van der Waals surface area contributed by atoms with Crippen molar-refractivity contribution in [2.75, 3.05) is 26.2 Å². The number of nitrogens with zero attached hydrogens (tertiary/aromatic N) is 3. The molecule has 0 atom stereocenters. The molecule has 1 N–H and O–H groups in total. The Morgan fingerprint density at radius 1 is 1.11 bits per heavy atom. The number of hydrogen-bond acceptors (Lipinski definition) is 5. The van der Waals surface area contributed by atoms with Crippen LogP contribution in [0.2, 0.25) is 0 Å². The molecule has 2 heterocycles. The molecule has 2 aliphatic rings. The smallest absolute Gasteiger partial charge is 0.286 e. The number of amidine groups is 1. The van der Waals surface area contributed by atoms with Crippen LogP contribution in [0, 0.1) is 0 Å². The first kappa shape index (κ1) is 19.2. The van der Waals surface area contributed by atoms with Crippen molar-refractivity contribution in [3.05, 3.63) is 69.0 Å². The fraction of sp³-hybridized carbons (Fsp3) is 0.238. The Balaban J connectivity index is 1.37. The van der Waals surface area contributed by atoms with E-state index in [2.05, 4.69) is 55.0 Å². The van der Waals surface area contributed by atoms with Crippen LogP contribution < -0.4 is 0 Å². The van der Waals surface area contributed by atoms with Crippen LogP contribution in [0.25, 0.3) is 6.08 Å². The highest BCUT2D eigenvalue weighted by Gasteiger charge is 2.28. The van der Waals surface area contributed by atoms with Crippen molar-refractivity contribution >= 4 is 44.8 Å². The third kappa shape index (κ3) is 4.48. The van der Waals surface area contributed by atoms with Gasteiger partial charge in [0.2, 0.25) is 0 Å². The van der Waals surface area contributed by atoms with Crippen molar-refractivity contribution in [1.29, 1.82) is 0 Å². The van der Waals surface area contributed by atoms with Gasteiger partial charge in [-0.1, -0.05) is 46.3 Å². The molecule has 0 radical (unpaired) electrons. The number of carbonyl (C=O) groups excluding carboxylic acids is 1. The van der Waals surface area contributed by atoms with Crippen molar-refractivity contribution in [3.8, 4) is 5.75 Å². The van der Waals surface area contributed by atoms with Gasteiger partial charge in [-0.3, -0.25) is 9.69 Å². The van der Waals surface area contributed by atoms with E-state index in [0.29, 0.717) is 10.5 Å². The number of carbonyl (C=O) groups is 1. The summed E-state index contributed by atoms with van der Waals surface area (Å²) in [5.74, 6) is -0.0989. The van der Waals surface area contributed by atoms with Crippen LogP contribution in [-0.4, -0.2) is 52.2 Å². The van der Waals surface area contributed by atoms with E-state index < -0.39 is 0 Å². The summed E-state index contributed by atoms with van der Waals surface area (Å²) in [6.07, 6.45) is 1.70. The lowest BCUT2D eigenvalue weighted by molar-refractivity contribution is -0.113. The van der Waals surface area contributed by atoms with Crippen molar-refractivity contribution in [1.82, 2.24) is 9.80 Å². The number of amides is 1. The Morgan fingerprint density at radius 3 is 2.61 bits per heavy atom. The molecule has 1 amide bonds. The molecule has 0 aliphatic carbocycles. The van der Waals surface area contributed by atoms with Gasteiger partial charge in [-0.15, -0.1) is 0 Å². The number of thioether (sulfide) groups is 1. The van der Waals surface area contributed by atoms with E-state index in [0.717, 1.165) is 42.4 Å². The Labute approximate surface area is 176 Å². The molecular formula is C21H20BrN3O2S. The molecule has 0 spiro atoms. The van der Waals surface area contributed by atoms with Crippen molar-refractivity contribution in [3.63, 3.8) is 0 Å². The largest absolute Gasteiger partial charge is 0.507 e. The summed E-state index contributed by atoms with van der Waals surface area (Å²) in [5, 5.41) is 10.8. The summed E-state index contributed by atoms with van der Waals surface area (Å²) in [6.45, 7) is 4.52. The number of halogens is 1. The number of aromatic hydroxyl groups is 1. The molecule has 0 bridgehead atoms. The summed E-state index contributed by atoms with van der Waals surface area (Å²) in [4.78, 5) is 21.7. The molecule has 7 heteroatoms. The Hall–Kier alpha value is -2.09. The SMILES string of the molecule is O=C1N=C(N2CCN(Cc3ccccc3)CC2)S/C1=C/c1cc(Br)ccc1O. The predicted molar refractivity (Wildman–Crippen MR) is 117 cm³/mol. The van der Waals surface area contributed by atoms with Gasteiger partial charge in [-0.25, -0.2) is 0 Å². The summed E-state index contributed by atoms with van der Waals surface area (Å²) in [5.41, 5.74) is 1.92. The quantitative estimate of drug-likeness (QED) is 0.707. The maximum Gasteiger partial charge on any atom is 0.286 e. The molecule has 28 heavy (non-hydrogen) atoms. The molecule has 5 nitrogen and oxygen atoms in total. The van der Waals surface area contributed by atoms with E-state index in [4.69, 9.17) is 0 Å². The van der Waals surface area contributed by atoms with E-state index in [9.17, 15) is 9.90 Å². The minimum absolute atomic E-state index is 0.145. The number of aliphatic imine (C=N–C) groups is 1. The van der Waals surface area contributed by atoms with Crippen LogP contribution in [0.4, 0.5) is 0 Å². The van der Waals surface area contributed by atoms with E-state index >= 15 is 0 Å². The monoisotopic (exact) mass is 457 g/mol. The standard InChI is InChI=1S/C21H20BrN3O2S/c22-17-6-7-18(26)16(12-17)13-19-20(27)23-21(28-19)25-10-8-24(9-11-25)14-15-4-2-1-3-5-15/h1-7,12-13,26H,8-11,14H2/b19-13+. The number of phenols is 1. The number of hydrogen-bond donors (Lipinski definition) is 1. The molecule has 1 saturated heterocycles. The van der Waals surface area contributed by atoms with Gasteiger partial charge in [-0.05, 0) is 41.6 Å². The van der Waals surface area contributed by atoms with Gasteiger partial charge in [0.25, 0.3) is 5.91 Å². The number of rotatable bonds is 3. The van der Waals surface area contributed by atoms with Gasteiger partial charge in [0.05, 0.1) is 4.91 Å². The highest BCUT2D eigenvalue weighted by Crippen LogP contribution is 2.33. The molecule has 0 unspecified atom stereocenters. The number of piperazine rings is 1. The van der Waals surface area contributed by atoms with Crippen molar-refractivity contribution < 1.29 is 9.90 Å². The average Bonchev–Trinajstić information content (AvgIpc) is 3.06. The van der Waals surface area contributed by atoms with Gasteiger partial charge in [0, 0.05) is 42.8 Å². The maximum absolute atomic E-state index is 12.3. The molecule has 1 fully saturated rings. The summed E-state index contributed by atoms with van der Waals surface area (Å²) in [7, 11) is 0. The molecule has 0 aromatic heterocycles. The highest BCUT2D eigenvalue weighted by molar-refractivity contribution is 9.10. The zero-order valence-electron chi connectivity index (χ0n) is 15.2. The third-order valence-corrected chi connectivity index (χ3v) is 6.31. The number of benzene rings is 2. The van der Waals surface area contributed by atoms with E-state index in [1.54, 1.807) is 24.3 Å². The Bertz CT molecular complexity index is 938. The molecular weight excluding hydrogens is 438 g/mol. The Kier molecular flexibility index (Phi) is 5.85. The summed E-state index contributed by atoms with van der Waals surface area (Å²) >= 11 is 4.77. The third-order valence-electron chi connectivity index (χ3n) is 4.78. The van der Waals surface area contributed by atoms with Gasteiger partial charge < -0.3 is 10.0 Å². The van der Waals surface area contributed by atoms with Crippen LogP contribution in [-0.2, 0) is 11.3 Å². The lowest BCUT2D eigenvalue weighted by atomic mass is 10.2. The fourth-order valence-electron chi connectivity index (χ4n) is 3.25. The molecule has 0 saturated carbocycles. The van der Waals surface area contributed by atoms with E-state index in [1.165, 1.54) is 17.3 Å². The highest BCUT2D eigenvalue weighted by atomic mass is 79.9. The second-order valence-corrected chi connectivity index (χ2v) is 8.69. The van der Waals surface area contributed by atoms with Gasteiger partial charge in [0.15, 0.2) is 5.17 Å². The molecule has 4 rings (SSSR count). The van der Waals surface area contributed by atoms with Crippen LogP contribution in [0.1, 0.15) is 11.1 Å². The van der Waals surface area contributed by atoms with E-state index in [1.807, 2.05) is 6.07 Å². The van der Waals surface area contributed by atoms with Crippen LogP contribution in [0.3, 0.4) is 0 Å². The first-order valence-corrected chi connectivity index (χ1v) is 10.7. The zero-order valence-corrected chi connectivity index (χ0v) is 17.6. The lowest BCUT2D eigenvalue weighted by Gasteiger charge is -2.35. The summed E-state index contributed by atoms with van der Waals surface area (Å²) in [6, 6.07) is 15.6. The molecule has 144 valence electrons. The second-order valence-electron chi connectivity index (χ2n) is 6.76. The maximum atomic E-state index is 12.3. The van der Waals surface area contributed by atoms with Gasteiger partial charge in [0.1, 0.15) is 5.75 Å². The lowest BCUT2D eigenvalue weighted by Crippen LogP contribution is -2.47. The van der Waals surface area contributed by atoms with Crippen LogP contribution in [0.15, 0.2) is 62.9 Å². The zero-order chi connectivity index (χ0) is 19.5. The topological polar surface area (TPSA) is 56.1 Å². The van der Waals surface area contributed by atoms with Gasteiger partial charge >= 0.3 is 0 Å². The molecule has 2 aromatic carbocycles. The first-order chi connectivity index (χ1) is 13.6. The summed E-state index contributed by atoms with van der Waals surface area (Å²) < 4.78 is 0.850. The predicted octanol–water partition coefficient (Wildman–Crippen LogP) is 3.94. The molecule has 2 aromatic rings. The first-order valence-electron chi connectivity index (χ1n) is 9.11. The Morgan fingerprint density at radius 2 is 1.86 bits per heavy atom. The fourth-order valence-corrected chi connectivity index (χ4v) is 4.59. The minimum Gasteiger partial charge on any atom is -0.507 e. The van der Waals surface area contributed by atoms with E-state index in [-0.39, 0.29) is 11.7 Å². The number of phenolic OH excluding ortho intramolecular Hbond substituents is 1. The molecule has 2 aliphatic heterocycles. The van der Waals surface area contributed by atoms with Crippen molar-refractivity contribution in [2.24, 2.45) is 4.99 Å². The van der Waals surface area contributed by atoms with Crippen molar-refractivity contribution in [2.45, 2.75) is 6.54 Å². The average molecular weight is 458 g/mol. The van der Waals surface area contributed by atoms with Crippen LogP contribution in [0.5, 0.6) is 5.75 Å². The normalized spacial score (nSPS) is 19.3. The van der Waals surface area contributed by atoms with Crippen LogP contribution >= 0.6 is 27.7 Å². The minimum atomic E-state index is -0.244.